The number of rotatable bonds is 6. The second-order valence-electron chi connectivity index (χ2n) is 5.67. The van der Waals surface area contributed by atoms with Crippen molar-refractivity contribution in [1.82, 2.24) is 5.32 Å². The number of esters is 1. The first kappa shape index (κ1) is 18.1. The molecule has 2 rings (SSSR count). The van der Waals surface area contributed by atoms with Gasteiger partial charge in [0.15, 0.2) is 0 Å². The molecule has 1 unspecified atom stereocenters. The van der Waals surface area contributed by atoms with Gasteiger partial charge in [-0.1, -0.05) is 31.5 Å². The minimum atomic E-state index is -1.08. The summed E-state index contributed by atoms with van der Waals surface area (Å²) in [5.74, 6) is -1.19. The van der Waals surface area contributed by atoms with E-state index in [0.29, 0.717) is 21.7 Å². The number of carbonyl (C=O) groups excluding carboxylic acids is 2. The van der Waals surface area contributed by atoms with Crippen LogP contribution in [0.1, 0.15) is 36.4 Å². The molecule has 0 spiro atoms. The number of methoxy groups -OCH3 is 1. The van der Waals surface area contributed by atoms with Gasteiger partial charge in [-0.25, -0.2) is 9.18 Å². The third-order valence-corrected chi connectivity index (χ3v) is 4.86. The lowest BCUT2D eigenvalue weighted by Crippen LogP contribution is -2.52. The molecule has 0 aliphatic heterocycles. The van der Waals surface area contributed by atoms with E-state index in [-0.39, 0.29) is 11.7 Å². The number of amides is 1. The van der Waals surface area contributed by atoms with Crippen molar-refractivity contribution in [2.24, 2.45) is 0 Å². The molecule has 1 N–H and O–H groups in total. The lowest BCUT2D eigenvalue weighted by atomic mass is 9.96. The Morgan fingerprint density at radius 2 is 1.96 bits per heavy atom. The van der Waals surface area contributed by atoms with Crippen LogP contribution in [0.25, 0.3) is 10.4 Å². The molecule has 0 bridgehead atoms. The van der Waals surface area contributed by atoms with Crippen molar-refractivity contribution in [3.8, 4) is 10.4 Å². The number of benzene rings is 1. The van der Waals surface area contributed by atoms with Gasteiger partial charge < -0.3 is 10.1 Å². The van der Waals surface area contributed by atoms with Crippen molar-refractivity contribution in [1.29, 1.82) is 0 Å². The molecule has 0 saturated carbocycles. The first-order chi connectivity index (χ1) is 11.4. The highest BCUT2D eigenvalue weighted by atomic mass is 32.1. The summed E-state index contributed by atoms with van der Waals surface area (Å²) in [5.41, 5.74) is -0.631. The maximum Gasteiger partial charge on any atom is 0.331 e. The van der Waals surface area contributed by atoms with Crippen LogP contribution in [-0.4, -0.2) is 24.5 Å². The number of thiophene rings is 1. The highest BCUT2D eigenvalue weighted by Crippen LogP contribution is 2.30. The van der Waals surface area contributed by atoms with Crippen LogP contribution in [-0.2, 0) is 9.53 Å². The van der Waals surface area contributed by atoms with Gasteiger partial charge in [0.2, 0.25) is 0 Å². The molecule has 4 nitrogen and oxygen atoms in total. The molecule has 0 fully saturated rings. The second-order valence-corrected chi connectivity index (χ2v) is 6.76. The van der Waals surface area contributed by atoms with E-state index in [2.05, 4.69) is 5.32 Å². The maximum absolute atomic E-state index is 13.9. The van der Waals surface area contributed by atoms with Crippen molar-refractivity contribution in [2.45, 2.75) is 32.2 Å². The number of ether oxygens (including phenoxy) is 1. The second kappa shape index (κ2) is 7.57. The van der Waals surface area contributed by atoms with Crippen molar-refractivity contribution >= 4 is 23.2 Å². The fourth-order valence-corrected chi connectivity index (χ4v) is 3.45. The number of halogens is 1. The quantitative estimate of drug-likeness (QED) is 0.802. The van der Waals surface area contributed by atoms with E-state index < -0.39 is 11.5 Å². The summed E-state index contributed by atoms with van der Waals surface area (Å²) in [6, 6.07) is 9.74. The Labute approximate surface area is 144 Å². The van der Waals surface area contributed by atoms with Crippen LogP contribution in [0.2, 0.25) is 0 Å². The monoisotopic (exact) mass is 349 g/mol. The smallest absolute Gasteiger partial charge is 0.331 e. The van der Waals surface area contributed by atoms with E-state index in [1.165, 1.54) is 24.5 Å². The van der Waals surface area contributed by atoms with Crippen molar-refractivity contribution in [3.05, 3.63) is 47.1 Å². The van der Waals surface area contributed by atoms with Gasteiger partial charge in [0, 0.05) is 10.4 Å². The van der Waals surface area contributed by atoms with Gasteiger partial charge >= 0.3 is 5.97 Å². The summed E-state index contributed by atoms with van der Waals surface area (Å²) < 4.78 is 18.6. The average molecular weight is 349 g/mol. The Morgan fingerprint density at radius 3 is 2.58 bits per heavy atom. The number of hydrogen-bond acceptors (Lipinski definition) is 4. The average Bonchev–Trinajstić information content (AvgIpc) is 3.04. The first-order valence-electron chi connectivity index (χ1n) is 7.67. The van der Waals surface area contributed by atoms with Crippen LogP contribution in [0.4, 0.5) is 4.39 Å². The van der Waals surface area contributed by atoms with Gasteiger partial charge in [-0.15, -0.1) is 11.3 Å². The molecule has 0 saturated heterocycles. The van der Waals surface area contributed by atoms with Crippen molar-refractivity contribution < 1.29 is 18.7 Å². The topological polar surface area (TPSA) is 55.4 Å². The van der Waals surface area contributed by atoms with Crippen LogP contribution < -0.4 is 5.32 Å². The fourth-order valence-electron chi connectivity index (χ4n) is 2.52. The van der Waals surface area contributed by atoms with Crippen LogP contribution in [0.3, 0.4) is 0 Å². The maximum atomic E-state index is 13.9. The van der Waals surface area contributed by atoms with Crippen LogP contribution in [0.15, 0.2) is 36.4 Å². The third kappa shape index (κ3) is 3.82. The summed E-state index contributed by atoms with van der Waals surface area (Å²) in [5, 5.41) is 2.74. The summed E-state index contributed by atoms with van der Waals surface area (Å²) in [7, 11) is 1.30. The van der Waals surface area contributed by atoms with E-state index in [1.54, 1.807) is 37.3 Å². The molecule has 0 aliphatic rings. The number of nitrogens with one attached hydrogen (secondary N) is 1. The predicted molar refractivity (Wildman–Crippen MR) is 92.5 cm³/mol. The van der Waals surface area contributed by atoms with Gasteiger partial charge in [0.05, 0.1) is 12.0 Å². The molecule has 1 aromatic carbocycles. The molecule has 1 aromatic heterocycles. The Hall–Kier alpha value is -2.21. The molecule has 2 aromatic rings. The van der Waals surface area contributed by atoms with Crippen molar-refractivity contribution in [3.63, 3.8) is 0 Å². The van der Waals surface area contributed by atoms with Crippen molar-refractivity contribution in [2.75, 3.05) is 7.11 Å². The molecular formula is C18H20FNO3S. The molecule has 0 radical (unpaired) electrons. The summed E-state index contributed by atoms with van der Waals surface area (Å²) in [6.45, 7) is 3.57. The lowest BCUT2D eigenvalue weighted by molar-refractivity contribution is -0.147. The van der Waals surface area contributed by atoms with Gasteiger partial charge in [0.1, 0.15) is 11.4 Å². The standard InChI is InChI=1S/C18H20FNO3S/c1-4-11-18(2,17(22)23-3)20-16(21)15-10-9-14(24-15)12-7-5-6-8-13(12)19/h5-10H,4,11H2,1-3H3,(H,20,21). The molecule has 1 amide bonds. The van der Waals surface area contributed by atoms with Crippen LogP contribution in [0, 0.1) is 5.82 Å². The van der Waals surface area contributed by atoms with E-state index in [4.69, 9.17) is 4.74 Å². The Balaban J connectivity index is 2.22. The number of carbonyl (C=O) groups is 2. The van der Waals surface area contributed by atoms with Gasteiger partial charge in [-0.3, -0.25) is 4.79 Å². The van der Waals surface area contributed by atoms with E-state index >= 15 is 0 Å². The van der Waals surface area contributed by atoms with E-state index in [9.17, 15) is 14.0 Å². The highest BCUT2D eigenvalue weighted by molar-refractivity contribution is 7.17. The molecule has 1 heterocycles. The molecule has 0 aliphatic carbocycles. The normalized spacial score (nSPS) is 13.2. The summed E-state index contributed by atoms with van der Waals surface area (Å²) >= 11 is 1.18. The third-order valence-electron chi connectivity index (χ3n) is 3.74. The Bertz CT molecular complexity index is 743. The van der Waals surface area contributed by atoms with E-state index in [0.717, 1.165) is 6.42 Å². The highest BCUT2D eigenvalue weighted by Gasteiger charge is 2.35. The van der Waals surface area contributed by atoms with Crippen LogP contribution in [0.5, 0.6) is 0 Å². The van der Waals surface area contributed by atoms with Gasteiger partial charge in [-0.05, 0) is 31.5 Å². The van der Waals surface area contributed by atoms with Crippen LogP contribution >= 0.6 is 11.3 Å². The SMILES string of the molecule is CCCC(C)(NC(=O)c1ccc(-c2ccccc2F)s1)C(=O)OC. The largest absolute Gasteiger partial charge is 0.467 e. The summed E-state index contributed by atoms with van der Waals surface area (Å²) in [6.07, 6.45) is 1.19. The van der Waals surface area contributed by atoms with E-state index in [1.807, 2.05) is 6.92 Å². The summed E-state index contributed by atoms with van der Waals surface area (Å²) in [4.78, 5) is 25.5. The fraction of sp³-hybridized carbons (Fsp3) is 0.333. The molecular weight excluding hydrogens is 329 g/mol. The zero-order valence-electron chi connectivity index (χ0n) is 13.9. The zero-order chi connectivity index (χ0) is 17.7. The molecule has 1 atom stereocenters. The van der Waals surface area contributed by atoms with Gasteiger partial charge in [0.25, 0.3) is 5.91 Å². The van der Waals surface area contributed by atoms with Gasteiger partial charge in [-0.2, -0.15) is 0 Å². The Morgan fingerprint density at radius 1 is 1.25 bits per heavy atom. The zero-order valence-corrected chi connectivity index (χ0v) is 14.7. The number of hydrogen-bond donors (Lipinski definition) is 1. The first-order valence-corrected chi connectivity index (χ1v) is 8.48. The molecule has 24 heavy (non-hydrogen) atoms. The lowest BCUT2D eigenvalue weighted by Gasteiger charge is -2.27. The minimum Gasteiger partial charge on any atom is -0.467 e. The Kier molecular flexibility index (Phi) is 5.72. The molecule has 128 valence electrons. The minimum absolute atomic E-state index is 0.336. The molecule has 6 heteroatoms. The predicted octanol–water partition coefficient (Wildman–Crippen LogP) is 4.02.